The number of nitrogens with zero attached hydrogens (tertiary/aromatic N) is 7. The van der Waals surface area contributed by atoms with Crippen LogP contribution in [0.1, 0.15) is 143 Å². The zero-order valence-electron chi connectivity index (χ0n) is 57.5. The summed E-state index contributed by atoms with van der Waals surface area (Å²) in [6, 6.07) is 11.8. The van der Waals surface area contributed by atoms with E-state index in [-0.39, 0.29) is 191 Å². The summed E-state index contributed by atoms with van der Waals surface area (Å²) in [5.41, 5.74) is 4.66. The van der Waals surface area contributed by atoms with Gasteiger partial charge < -0.3 is 48.8 Å². The number of imidazole rings is 1. The molecule has 2 saturated heterocycles. The first kappa shape index (κ1) is 75.1. The molecule has 4 aromatic heterocycles. The van der Waals surface area contributed by atoms with Crippen molar-refractivity contribution in [3.63, 3.8) is 0 Å². The highest BCUT2D eigenvalue weighted by molar-refractivity contribution is 8.00. The molecule has 0 radical (unpaired) electrons. The van der Waals surface area contributed by atoms with Crippen LogP contribution in [0.4, 0.5) is 11.5 Å². The molecule has 0 saturated carbocycles. The molecule has 100 heavy (non-hydrogen) atoms. The number of ketones is 4. The van der Waals surface area contributed by atoms with E-state index in [9.17, 15) is 65.7 Å². The Morgan fingerprint density at radius 2 is 1.50 bits per heavy atom. The number of hydrogen-bond acceptors (Lipinski definition) is 18. The van der Waals surface area contributed by atoms with E-state index in [2.05, 4.69) is 27.5 Å². The second-order valence-corrected chi connectivity index (χ2v) is 28.9. The molecule has 3 aliphatic heterocycles. The topological polar surface area (TPSA) is 345 Å². The Hall–Kier alpha value is -9.16. The average molecular weight is 1420 g/mol. The van der Waals surface area contributed by atoms with Crippen LogP contribution in [-0.2, 0) is 93.6 Å². The van der Waals surface area contributed by atoms with Gasteiger partial charge in [-0.2, -0.15) is 20.2 Å². The monoisotopic (exact) mass is 1410 g/mol. The minimum Gasteiger partial charge on any atom is -0.493 e. The average Bonchev–Trinajstić information content (AvgIpc) is 1.61. The number of aryl methyl sites for hydroxylation is 4. The van der Waals surface area contributed by atoms with E-state index in [1.165, 1.54) is 36.9 Å². The lowest BCUT2D eigenvalue weighted by Crippen LogP contribution is -2.44. The summed E-state index contributed by atoms with van der Waals surface area (Å²) < 4.78 is 58.4. The number of ether oxygens (including phenoxy) is 3. The number of hydrogen-bond donors (Lipinski definition) is 4. The summed E-state index contributed by atoms with van der Waals surface area (Å²) in [6.07, 6.45) is 9.54. The Kier molecular flexibility index (Phi) is 24.7. The van der Waals surface area contributed by atoms with E-state index in [4.69, 9.17) is 14.2 Å². The number of amides is 6. The number of anilines is 2. The number of aromatic nitrogens is 5. The van der Waals surface area contributed by atoms with Gasteiger partial charge in [0.1, 0.15) is 34.0 Å². The lowest BCUT2D eigenvalue weighted by Gasteiger charge is -2.26. The van der Waals surface area contributed by atoms with Gasteiger partial charge in [-0.3, -0.25) is 66.8 Å². The minimum atomic E-state index is -4.52. The summed E-state index contributed by atoms with van der Waals surface area (Å²) in [7, 11) is 0.421. The summed E-state index contributed by atoms with van der Waals surface area (Å²) >= 11 is 1.33. The van der Waals surface area contributed by atoms with Crippen LogP contribution in [0, 0.1) is 18.8 Å². The Morgan fingerprint density at radius 1 is 0.770 bits per heavy atom. The number of thioether (sulfide) groups is 1. The van der Waals surface area contributed by atoms with Crippen LogP contribution in [-0.4, -0.2) is 185 Å². The van der Waals surface area contributed by atoms with Gasteiger partial charge in [-0.15, -0.1) is 0 Å². The molecule has 2 aromatic carbocycles. The van der Waals surface area contributed by atoms with Gasteiger partial charge in [-0.05, 0) is 116 Å². The van der Waals surface area contributed by atoms with Crippen LogP contribution in [0.2, 0.25) is 0 Å². The van der Waals surface area contributed by atoms with Crippen molar-refractivity contribution in [2.45, 2.75) is 127 Å². The maximum atomic E-state index is 14.1. The molecule has 2 fully saturated rings. The van der Waals surface area contributed by atoms with E-state index in [0.29, 0.717) is 68.8 Å². The molecule has 5 atom stereocenters. The van der Waals surface area contributed by atoms with Crippen molar-refractivity contribution in [1.82, 2.24) is 38.4 Å². The standard InChI is InChI=1S/C71H86N10O17S2/c1-41(2)52(35-51(83)18-23-97-25-24-96-21-10-12-50(82)17-20-80-65(87)36-61(99-9)71(80)92)67(88)72-44(5)58(84)30-45-14-15-54-47(28-45)16-19-79(54)70(91)57-34-49(39-77(57)7)73-68(89)56-29-46(38-76(56)6)31-59(85)66-75-63(40-78(66)8)74-64(86)13-11-22-98-60-32-48-33-62(100(93,94)95)55-26-42(3)37-81(55)69(90)53(48)27-43(60)4/h14-16,19,27-29,32,34,38-41,44,52,55,61-62H,3,10-13,17-18,20-26,30-31,33,35-37H2,1-2,4-9H3,(H,72,88)(H,73,89)(H,74,86)(H,93,94,95)/t44-,52-,55-,61?,62?/m0/s1. The van der Waals surface area contributed by atoms with Crippen molar-refractivity contribution >= 4 is 109 Å². The molecule has 2 unspecified atom stereocenters. The minimum absolute atomic E-state index is 0.0157. The second-order valence-electron chi connectivity index (χ2n) is 26.2. The normalized spacial score (nSPS) is 16.8. The van der Waals surface area contributed by atoms with E-state index >= 15 is 0 Å². The van der Waals surface area contributed by atoms with Gasteiger partial charge in [0.25, 0.3) is 27.8 Å². The fourth-order valence-electron chi connectivity index (χ4n) is 12.8. The largest absolute Gasteiger partial charge is 0.493 e. The Bertz CT molecular complexity index is 4310. The highest BCUT2D eigenvalue weighted by Crippen LogP contribution is 2.37. The van der Waals surface area contributed by atoms with Gasteiger partial charge in [0.05, 0.1) is 55.0 Å². The number of likely N-dealkylation sites (tertiary alicyclic amines) is 1. The predicted molar refractivity (Wildman–Crippen MR) is 372 cm³/mol. The van der Waals surface area contributed by atoms with Gasteiger partial charge in [0, 0.05) is 134 Å². The number of Topliss-reactive ketones (excluding diaryl/α,β-unsaturated/α-hetero) is 4. The van der Waals surface area contributed by atoms with Crippen molar-refractivity contribution < 1.29 is 79.9 Å². The van der Waals surface area contributed by atoms with Crippen LogP contribution >= 0.6 is 11.8 Å². The third kappa shape index (κ3) is 18.4. The Labute approximate surface area is 583 Å². The van der Waals surface area contributed by atoms with Crippen LogP contribution < -0.4 is 20.7 Å². The Morgan fingerprint density at radius 3 is 2.22 bits per heavy atom. The SMILES string of the molecule is C=C1C[C@H]2C(S(=O)(=O)O)Cc3cc(OCCCC(=O)Nc4cn(C)c(C(=O)Cc5cc(C(=O)Nc6cc(C(=O)n7ccc8cc(CC(=O)[C@H](C)NC(=O)[C@@H](CC(=O)CCOCCOCCCC(=O)CCN9C(=O)CC(SC)C9=O)C(C)C)ccc87)n(C)c6)n(C)c5)n4)c(C)cc3C(=O)N2C1. The molecule has 6 amide bonds. The molecule has 3 aliphatic rings. The number of fused-ring (bicyclic) bond motifs is 3. The predicted octanol–water partition coefficient (Wildman–Crippen LogP) is 6.61. The molecular weight excluding hydrogens is 1330 g/mol. The Balaban J connectivity index is 0.681. The molecule has 7 heterocycles. The highest BCUT2D eigenvalue weighted by Gasteiger charge is 2.46. The van der Waals surface area contributed by atoms with Crippen molar-refractivity contribution in [3.05, 3.63) is 130 Å². The number of carbonyl (C=O) groups is 11. The number of nitrogens with one attached hydrogen (secondary N) is 3. The summed E-state index contributed by atoms with van der Waals surface area (Å²) in [5, 5.41) is 7.44. The van der Waals surface area contributed by atoms with E-state index < -0.39 is 51.1 Å². The van der Waals surface area contributed by atoms with Gasteiger partial charge in [0.2, 0.25) is 29.4 Å². The molecular formula is C71H86N10O17S2. The van der Waals surface area contributed by atoms with E-state index in [1.807, 2.05) is 13.8 Å². The third-order valence-electron chi connectivity index (χ3n) is 18.3. The quantitative estimate of drug-likeness (QED) is 0.0107. The van der Waals surface area contributed by atoms with Gasteiger partial charge in [-0.1, -0.05) is 32.1 Å². The summed E-state index contributed by atoms with van der Waals surface area (Å²) in [4.78, 5) is 152. The third-order valence-corrected chi connectivity index (χ3v) is 20.5. The first-order valence-electron chi connectivity index (χ1n) is 33.2. The zero-order valence-corrected chi connectivity index (χ0v) is 59.1. The van der Waals surface area contributed by atoms with Crippen molar-refractivity contribution in [1.29, 1.82) is 0 Å². The molecule has 0 aliphatic carbocycles. The molecule has 534 valence electrons. The molecule has 4 N–H and O–H groups in total. The number of benzene rings is 2. The van der Waals surface area contributed by atoms with Crippen molar-refractivity contribution in [2.75, 3.05) is 63.0 Å². The first-order chi connectivity index (χ1) is 47.5. The molecule has 6 aromatic rings. The molecule has 0 bridgehead atoms. The first-order valence-corrected chi connectivity index (χ1v) is 36.0. The van der Waals surface area contributed by atoms with Crippen LogP contribution in [0.3, 0.4) is 0 Å². The fourth-order valence-corrected chi connectivity index (χ4v) is 14.4. The number of carbonyl (C=O) groups excluding carboxylic acids is 11. The van der Waals surface area contributed by atoms with Gasteiger partial charge in [0.15, 0.2) is 17.4 Å². The van der Waals surface area contributed by atoms with E-state index in [0.717, 1.165) is 0 Å². The molecule has 27 nitrogen and oxygen atoms in total. The highest BCUT2D eigenvalue weighted by atomic mass is 32.2. The second kappa shape index (κ2) is 32.9. The van der Waals surface area contributed by atoms with Crippen molar-refractivity contribution in [3.8, 4) is 5.75 Å². The maximum absolute atomic E-state index is 14.1. The summed E-state index contributed by atoms with van der Waals surface area (Å²) in [5.74, 6) is -3.65. The van der Waals surface area contributed by atoms with Crippen LogP contribution in [0.5, 0.6) is 5.75 Å². The molecule has 9 rings (SSSR count). The van der Waals surface area contributed by atoms with Gasteiger partial charge in [-0.25, -0.2) is 4.98 Å². The lowest BCUT2D eigenvalue weighted by atomic mass is 9.88. The van der Waals surface area contributed by atoms with Crippen LogP contribution in [0.15, 0.2) is 85.5 Å². The zero-order chi connectivity index (χ0) is 72.4. The maximum Gasteiger partial charge on any atom is 0.279 e. The molecule has 29 heteroatoms. The fraction of sp³-hybridized carbons (Fsp3) is 0.465. The molecule has 0 spiro atoms. The van der Waals surface area contributed by atoms with Crippen LogP contribution in [0.25, 0.3) is 10.9 Å². The van der Waals surface area contributed by atoms with Crippen molar-refractivity contribution in [2.24, 2.45) is 33.0 Å². The smallest absolute Gasteiger partial charge is 0.279 e. The number of imide groups is 1. The van der Waals surface area contributed by atoms with E-state index in [1.54, 1.807) is 118 Å². The number of rotatable bonds is 35. The summed E-state index contributed by atoms with van der Waals surface area (Å²) in [6.45, 7) is 12.3. The lowest BCUT2D eigenvalue weighted by molar-refractivity contribution is -0.138. The van der Waals surface area contributed by atoms with Gasteiger partial charge >= 0.3 is 0 Å².